The zero-order valence-corrected chi connectivity index (χ0v) is 8.51. The Balaban J connectivity index is 2.48. The molecule has 0 unspecified atom stereocenters. The number of aromatic nitrogens is 3. The highest BCUT2D eigenvalue weighted by molar-refractivity contribution is 5.59. The van der Waals surface area contributed by atoms with Gasteiger partial charge in [0.25, 0.3) is 5.88 Å². The molecule has 0 spiro atoms. The van der Waals surface area contributed by atoms with Crippen LogP contribution in [0.1, 0.15) is 0 Å². The average molecular weight is 220 g/mol. The molecule has 2 heterocycles. The molecule has 2 N–H and O–H groups in total. The Labute approximate surface area is 91.1 Å². The van der Waals surface area contributed by atoms with Gasteiger partial charge in [0, 0.05) is 11.8 Å². The maximum absolute atomic E-state index is 12.9. The summed E-state index contributed by atoms with van der Waals surface area (Å²) in [6, 6.07) is 1.31. The van der Waals surface area contributed by atoms with E-state index in [0.29, 0.717) is 11.3 Å². The van der Waals surface area contributed by atoms with Crippen molar-refractivity contribution in [3.8, 4) is 17.1 Å². The van der Waals surface area contributed by atoms with Crippen molar-refractivity contribution < 1.29 is 9.13 Å². The minimum absolute atomic E-state index is 0.190. The van der Waals surface area contributed by atoms with Crippen LogP contribution in [0.5, 0.6) is 5.88 Å². The van der Waals surface area contributed by atoms with Gasteiger partial charge in [0.15, 0.2) is 5.82 Å². The van der Waals surface area contributed by atoms with E-state index in [1.807, 2.05) is 0 Å². The molecule has 0 aliphatic rings. The molecule has 6 heteroatoms. The van der Waals surface area contributed by atoms with Gasteiger partial charge in [-0.25, -0.2) is 14.4 Å². The maximum Gasteiger partial charge on any atom is 0.257 e. The molecule has 16 heavy (non-hydrogen) atoms. The second kappa shape index (κ2) is 4.09. The summed E-state index contributed by atoms with van der Waals surface area (Å²) in [5.74, 6) is -0.0348. The molecule has 2 rings (SSSR count). The van der Waals surface area contributed by atoms with Gasteiger partial charge in [-0.2, -0.15) is 0 Å². The Hall–Kier alpha value is -2.24. The summed E-state index contributed by atoms with van der Waals surface area (Å²) in [4.78, 5) is 11.7. The zero-order chi connectivity index (χ0) is 11.5. The predicted molar refractivity (Wildman–Crippen MR) is 56.2 cm³/mol. The van der Waals surface area contributed by atoms with E-state index in [-0.39, 0.29) is 11.7 Å². The molecular weight excluding hydrogens is 211 g/mol. The van der Waals surface area contributed by atoms with Crippen LogP contribution < -0.4 is 10.5 Å². The van der Waals surface area contributed by atoms with E-state index in [4.69, 9.17) is 10.5 Å². The first-order valence-corrected chi connectivity index (χ1v) is 4.48. The lowest BCUT2D eigenvalue weighted by Gasteiger charge is -2.05. The molecule has 0 saturated carbocycles. The lowest BCUT2D eigenvalue weighted by Crippen LogP contribution is -1.99. The van der Waals surface area contributed by atoms with Crippen molar-refractivity contribution in [3.05, 3.63) is 30.5 Å². The Morgan fingerprint density at radius 1 is 1.31 bits per heavy atom. The molecule has 0 amide bonds. The van der Waals surface area contributed by atoms with Crippen molar-refractivity contribution in [1.29, 1.82) is 0 Å². The summed E-state index contributed by atoms with van der Waals surface area (Å²) in [6.07, 6.45) is 4.04. The van der Waals surface area contributed by atoms with Crippen LogP contribution in [-0.4, -0.2) is 22.1 Å². The molecule has 2 aromatic heterocycles. The lowest BCUT2D eigenvalue weighted by molar-refractivity contribution is 0.399. The summed E-state index contributed by atoms with van der Waals surface area (Å²) < 4.78 is 17.9. The van der Waals surface area contributed by atoms with E-state index in [1.165, 1.54) is 25.6 Å². The fourth-order valence-electron chi connectivity index (χ4n) is 1.22. The topological polar surface area (TPSA) is 73.9 Å². The predicted octanol–water partition coefficient (Wildman–Crippen LogP) is 1.27. The molecule has 0 aliphatic carbocycles. The number of nitrogens with zero attached hydrogens (tertiary/aromatic N) is 3. The van der Waals surface area contributed by atoms with Gasteiger partial charge >= 0.3 is 0 Å². The third-order valence-electron chi connectivity index (χ3n) is 1.96. The number of nitrogens with two attached hydrogens (primary N) is 1. The summed E-state index contributed by atoms with van der Waals surface area (Å²) in [5, 5.41) is 0. The molecular formula is C10H9FN4O. The Morgan fingerprint density at radius 2 is 2.12 bits per heavy atom. The first-order valence-electron chi connectivity index (χ1n) is 4.48. The highest BCUT2D eigenvalue weighted by atomic mass is 19.1. The van der Waals surface area contributed by atoms with Crippen molar-refractivity contribution in [2.75, 3.05) is 12.8 Å². The second-order valence-corrected chi connectivity index (χ2v) is 3.04. The number of methoxy groups -OCH3 is 1. The molecule has 0 saturated heterocycles. The van der Waals surface area contributed by atoms with E-state index >= 15 is 0 Å². The molecule has 0 fully saturated rings. The SMILES string of the molecule is COc1nc(-c2cncc(F)c2)cnc1N. The van der Waals surface area contributed by atoms with Crippen molar-refractivity contribution in [2.24, 2.45) is 0 Å². The van der Waals surface area contributed by atoms with Crippen LogP contribution in [0.2, 0.25) is 0 Å². The fraction of sp³-hybridized carbons (Fsp3) is 0.100. The van der Waals surface area contributed by atoms with Gasteiger partial charge in [-0.05, 0) is 6.07 Å². The summed E-state index contributed by atoms with van der Waals surface area (Å²) in [5.41, 5.74) is 6.50. The van der Waals surface area contributed by atoms with Crippen LogP contribution in [-0.2, 0) is 0 Å². The number of anilines is 1. The first-order chi connectivity index (χ1) is 7.70. The smallest absolute Gasteiger partial charge is 0.257 e. The van der Waals surface area contributed by atoms with Crippen LogP contribution >= 0.6 is 0 Å². The van der Waals surface area contributed by atoms with Crippen LogP contribution in [0, 0.1) is 5.82 Å². The number of ether oxygens (including phenoxy) is 1. The normalized spacial score (nSPS) is 10.1. The van der Waals surface area contributed by atoms with Gasteiger partial charge in [-0.1, -0.05) is 0 Å². The third kappa shape index (κ3) is 1.90. The third-order valence-corrected chi connectivity index (χ3v) is 1.96. The van der Waals surface area contributed by atoms with Crippen molar-refractivity contribution in [3.63, 3.8) is 0 Å². The molecule has 82 valence electrons. The van der Waals surface area contributed by atoms with E-state index in [0.717, 1.165) is 6.20 Å². The standard InChI is InChI=1S/C10H9FN4O/c1-16-10-9(12)14-5-8(15-10)6-2-7(11)4-13-3-6/h2-5H,1H3,(H2,12,14). The maximum atomic E-state index is 12.9. The van der Waals surface area contributed by atoms with Crippen molar-refractivity contribution in [2.45, 2.75) is 0 Å². The van der Waals surface area contributed by atoms with Crippen LogP contribution in [0.15, 0.2) is 24.7 Å². The average Bonchev–Trinajstić information content (AvgIpc) is 2.29. The summed E-state index contributed by atoms with van der Waals surface area (Å²) in [6.45, 7) is 0. The quantitative estimate of drug-likeness (QED) is 0.824. The van der Waals surface area contributed by atoms with Gasteiger partial charge < -0.3 is 10.5 Å². The molecule has 0 aliphatic heterocycles. The van der Waals surface area contributed by atoms with Gasteiger partial charge in [-0.15, -0.1) is 0 Å². The number of nitrogen functional groups attached to an aromatic ring is 1. The van der Waals surface area contributed by atoms with Gasteiger partial charge in [0.2, 0.25) is 0 Å². The van der Waals surface area contributed by atoms with Crippen LogP contribution in [0.25, 0.3) is 11.3 Å². The number of hydrogen-bond acceptors (Lipinski definition) is 5. The highest BCUT2D eigenvalue weighted by Gasteiger charge is 2.07. The van der Waals surface area contributed by atoms with Gasteiger partial charge in [0.05, 0.1) is 25.2 Å². The van der Waals surface area contributed by atoms with Crippen molar-refractivity contribution in [1.82, 2.24) is 15.0 Å². The van der Waals surface area contributed by atoms with E-state index in [9.17, 15) is 4.39 Å². The number of hydrogen-bond donors (Lipinski definition) is 1. The molecule has 0 bridgehead atoms. The van der Waals surface area contributed by atoms with E-state index < -0.39 is 5.82 Å². The summed E-state index contributed by atoms with van der Waals surface area (Å²) >= 11 is 0. The minimum atomic E-state index is -0.435. The zero-order valence-electron chi connectivity index (χ0n) is 8.51. The Bertz CT molecular complexity index is 518. The van der Waals surface area contributed by atoms with Crippen molar-refractivity contribution >= 4 is 5.82 Å². The first kappa shape index (κ1) is 10.3. The molecule has 2 aromatic rings. The molecule has 0 aromatic carbocycles. The molecule has 5 nitrogen and oxygen atoms in total. The van der Waals surface area contributed by atoms with Crippen LogP contribution in [0.3, 0.4) is 0 Å². The number of halogens is 1. The lowest BCUT2D eigenvalue weighted by atomic mass is 10.2. The number of rotatable bonds is 2. The fourth-order valence-corrected chi connectivity index (χ4v) is 1.22. The van der Waals surface area contributed by atoms with E-state index in [1.54, 1.807) is 0 Å². The highest BCUT2D eigenvalue weighted by Crippen LogP contribution is 2.21. The summed E-state index contributed by atoms with van der Waals surface area (Å²) in [7, 11) is 1.44. The van der Waals surface area contributed by atoms with Gasteiger partial charge in [0.1, 0.15) is 5.82 Å². The Morgan fingerprint density at radius 3 is 2.81 bits per heavy atom. The monoisotopic (exact) mass is 220 g/mol. The molecule has 0 atom stereocenters. The second-order valence-electron chi connectivity index (χ2n) is 3.04. The Kier molecular flexibility index (Phi) is 2.63. The molecule has 0 radical (unpaired) electrons. The number of pyridine rings is 1. The largest absolute Gasteiger partial charge is 0.478 e. The van der Waals surface area contributed by atoms with E-state index in [2.05, 4.69) is 15.0 Å². The minimum Gasteiger partial charge on any atom is -0.478 e. The van der Waals surface area contributed by atoms with Crippen LogP contribution in [0.4, 0.5) is 10.2 Å². The van der Waals surface area contributed by atoms with Gasteiger partial charge in [-0.3, -0.25) is 4.98 Å².